The maximum Gasteiger partial charge on any atom is 0.323 e. The van der Waals surface area contributed by atoms with Crippen LogP contribution in [0, 0.1) is 12.3 Å². The first-order valence-corrected chi connectivity index (χ1v) is 16.1. The van der Waals surface area contributed by atoms with Crippen molar-refractivity contribution >= 4 is 33.4 Å². The summed E-state index contributed by atoms with van der Waals surface area (Å²) in [4.78, 5) is 27.3. The molecule has 0 saturated heterocycles. The minimum absolute atomic E-state index is 0.185. The third kappa shape index (κ3) is 7.10. The van der Waals surface area contributed by atoms with E-state index in [1.165, 1.54) is 11.4 Å². The van der Waals surface area contributed by atoms with Crippen LogP contribution in [0.3, 0.4) is 0 Å². The van der Waals surface area contributed by atoms with Crippen LogP contribution in [-0.2, 0) is 30.8 Å². The number of rotatable bonds is 10. The third-order valence-corrected chi connectivity index (χ3v) is 10.0. The highest BCUT2D eigenvalue weighted by Crippen LogP contribution is 2.47. The van der Waals surface area contributed by atoms with E-state index in [9.17, 15) is 18.0 Å². The maximum absolute atomic E-state index is 14.5. The summed E-state index contributed by atoms with van der Waals surface area (Å²) in [6.45, 7) is 9.31. The molecule has 1 aliphatic rings. The summed E-state index contributed by atoms with van der Waals surface area (Å²) >= 11 is 6.21. The van der Waals surface area contributed by atoms with Gasteiger partial charge in [0.05, 0.1) is 24.1 Å². The molecule has 3 aromatic carbocycles. The van der Waals surface area contributed by atoms with Crippen LogP contribution in [0.2, 0.25) is 5.02 Å². The lowest BCUT2D eigenvalue weighted by Gasteiger charge is -2.37. The molecule has 1 N–H and O–H groups in total. The quantitative estimate of drug-likeness (QED) is 0.276. The fourth-order valence-electron chi connectivity index (χ4n) is 5.53. The van der Waals surface area contributed by atoms with Crippen LogP contribution in [-0.4, -0.2) is 49.7 Å². The molecule has 0 aromatic heterocycles. The summed E-state index contributed by atoms with van der Waals surface area (Å²) in [5.41, 5.74) is 1.92. The summed E-state index contributed by atoms with van der Waals surface area (Å²) in [6, 6.07) is 20.1. The number of esters is 1. The number of nitrogens with one attached hydrogen (secondary N) is 1. The van der Waals surface area contributed by atoms with E-state index in [4.69, 9.17) is 16.3 Å². The molecule has 7 nitrogen and oxygen atoms in total. The zero-order chi connectivity index (χ0) is 31.5. The van der Waals surface area contributed by atoms with E-state index in [2.05, 4.69) is 5.32 Å². The summed E-state index contributed by atoms with van der Waals surface area (Å²) in [7, 11) is -2.77. The molecular weight excluding hydrogens is 584 g/mol. The highest BCUT2D eigenvalue weighted by atomic mass is 35.5. The van der Waals surface area contributed by atoms with Crippen LogP contribution >= 0.6 is 11.6 Å². The van der Waals surface area contributed by atoms with Crippen molar-refractivity contribution in [3.05, 3.63) is 112 Å². The second kappa shape index (κ2) is 13.1. The molecule has 9 heteroatoms. The van der Waals surface area contributed by atoms with Crippen LogP contribution in [0.1, 0.15) is 50.4 Å². The monoisotopic (exact) mass is 622 g/mol. The lowest BCUT2D eigenvalue weighted by Crippen LogP contribution is -2.48. The van der Waals surface area contributed by atoms with E-state index in [0.29, 0.717) is 28.1 Å². The molecule has 0 aliphatic carbocycles. The van der Waals surface area contributed by atoms with E-state index in [-0.39, 0.29) is 10.7 Å². The van der Waals surface area contributed by atoms with Crippen LogP contribution in [0.25, 0.3) is 0 Å². The first-order valence-electron chi connectivity index (χ1n) is 14.2. The van der Waals surface area contributed by atoms with E-state index in [1.54, 1.807) is 68.5 Å². The number of ether oxygens (including phenoxy) is 1. The number of aryl methyl sites for hydroxylation is 1. The number of halogens is 1. The van der Waals surface area contributed by atoms with Crippen molar-refractivity contribution in [2.75, 3.05) is 7.11 Å². The van der Waals surface area contributed by atoms with Crippen molar-refractivity contribution in [3.63, 3.8) is 0 Å². The van der Waals surface area contributed by atoms with Gasteiger partial charge in [0, 0.05) is 16.6 Å². The van der Waals surface area contributed by atoms with E-state index in [1.807, 2.05) is 51.1 Å². The number of nitrogens with zero attached hydrogens (tertiary/aromatic N) is 1. The smallest absolute Gasteiger partial charge is 0.323 e. The number of hydrogen-bond donors (Lipinski definition) is 1. The Morgan fingerprint density at radius 2 is 1.58 bits per heavy atom. The zero-order valence-electron chi connectivity index (χ0n) is 25.4. The number of sulfonamides is 1. The van der Waals surface area contributed by atoms with Crippen molar-refractivity contribution in [2.45, 2.75) is 70.1 Å². The number of ketones is 1. The molecule has 0 amide bonds. The largest absolute Gasteiger partial charge is 0.468 e. The summed E-state index contributed by atoms with van der Waals surface area (Å²) in [5, 5.41) is 3.66. The number of benzene rings is 3. The van der Waals surface area contributed by atoms with Gasteiger partial charge in [0.15, 0.2) is 5.78 Å². The fraction of sp³-hybridized carbons (Fsp3) is 0.353. The predicted octanol–water partition coefficient (Wildman–Crippen LogP) is 6.07. The van der Waals surface area contributed by atoms with E-state index in [0.717, 1.165) is 5.56 Å². The SMILES string of the molecule is COC(=O)C(Cc1ccccc1)NC(C)C(=O)C1=CC(C(C)(C)C)N(S(=O)(=O)c2ccccc2C)C1c1ccc(Cl)cc1. The molecular formula is C34H39ClN2O5S. The highest BCUT2D eigenvalue weighted by molar-refractivity contribution is 7.89. The molecule has 0 saturated carbocycles. The maximum atomic E-state index is 14.5. The lowest BCUT2D eigenvalue weighted by molar-refractivity contribution is -0.143. The van der Waals surface area contributed by atoms with Gasteiger partial charge in [-0.25, -0.2) is 8.42 Å². The molecule has 0 fully saturated rings. The average molecular weight is 623 g/mol. The average Bonchev–Trinajstić information content (AvgIpc) is 3.39. The van der Waals surface area contributed by atoms with Gasteiger partial charge in [0.1, 0.15) is 6.04 Å². The Bertz CT molecular complexity index is 1600. The second-order valence-electron chi connectivity index (χ2n) is 12.0. The van der Waals surface area contributed by atoms with Crippen LogP contribution in [0.4, 0.5) is 0 Å². The van der Waals surface area contributed by atoms with E-state index >= 15 is 0 Å². The van der Waals surface area contributed by atoms with Gasteiger partial charge in [-0.3, -0.25) is 14.9 Å². The normalized spacial score (nSPS) is 19.0. The summed E-state index contributed by atoms with van der Waals surface area (Å²) < 4.78 is 35.5. The third-order valence-electron chi connectivity index (χ3n) is 7.78. The van der Waals surface area contributed by atoms with Gasteiger partial charge in [-0.05, 0) is 60.6 Å². The van der Waals surface area contributed by atoms with Gasteiger partial charge in [0.25, 0.3) is 0 Å². The molecule has 0 spiro atoms. The van der Waals surface area contributed by atoms with Crippen molar-refractivity contribution in [3.8, 4) is 0 Å². The summed E-state index contributed by atoms with van der Waals surface area (Å²) in [6.07, 6.45) is 2.10. The van der Waals surface area contributed by atoms with Gasteiger partial charge in [-0.2, -0.15) is 4.31 Å². The molecule has 4 rings (SSSR count). The Morgan fingerprint density at radius 1 is 0.977 bits per heavy atom. The Labute approximate surface area is 259 Å². The second-order valence-corrected chi connectivity index (χ2v) is 14.3. The first-order chi connectivity index (χ1) is 20.3. The van der Waals surface area contributed by atoms with Crippen molar-refractivity contribution in [2.24, 2.45) is 5.41 Å². The molecule has 43 heavy (non-hydrogen) atoms. The van der Waals surface area contributed by atoms with Gasteiger partial charge < -0.3 is 4.74 Å². The van der Waals surface area contributed by atoms with Gasteiger partial charge >= 0.3 is 5.97 Å². The van der Waals surface area contributed by atoms with Gasteiger partial charge in [-0.1, -0.05) is 99.1 Å². The number of methoxy groups -OCH3 is 1. The van der Waals surface area contributed by atoms with E-state index < -0.39 is 45.6 Å². The highest BCUT2D eigenvalue weighted by Gasteiger charge is 2.50. The molecule has 1 aliphatic heterocycles. The van der Waals surface area contributed by atoms with Gasteiger partial charge in [0.2, 0.25) is 10.0 Å². The lowest BCUT2D eigenvalue weighted by atomic mass is 9.87. The standard InChI is InChI=1S/C34H39ClN2O5S/c1-22-12-10-11-15-29(22)43(40,41)37-30(34(3,4)5)21-27(31(37)25-16-18-26(35)19-17-25)32(38)23(2)36-28(33(39)42-6)20-24-13-8-7-9-14-24/h7-19,21,23,28,30-31,36H,20H2,1-6H3. The van der Waals surface area contributed by atoms with Crippen LogP contribution in [0.15, 0.2) is 95.4 Å². The molecule has 4 atom stereocenters. The summed E-state index contributed by atoms with van der Waals surface area (Å²) in [5.74, 6) is -0.798. The Morgan fingerprint density at radius 3 is 2.16 bits per heavy atom. The minimum Gasteiger partial charge on any atom is -0.468 e. The topological polar surface area (TPSA) is 92.8 Å². The van der Waals surface area contributed by atoms with Crippen molar-refractivity contribution in [1.29, 1.82) is 0 Å². The Kier molecular flexibility index (Phi) is 9.96. The van der Waals surface area contributed by atoms with Crippen molar-refractivity contribution in [1.82, 2.24) is 9.62 Å². The number of carbonyl (C=O) groups excluding carboxylic acids is 2. The minimum atomic E-state index is -4.08. The molecule has 3 aromatic rings. The molecule has 228 valence electrons. The van der Waals surface area contributed by atoms with Crippen LogP contribution in [0.5, 0.6) is 0 Å². The Hall–Kier alpha value is -3.30. The fourth-order valence-corrected chi connectivity index (χ4v) is 7.80. The van der Waals surface area contributed by atoms with Crippen molar-refractivity contribution < 1.29 is 22.7 Å². The Balaban J connectivity index is 1.79. The zero-order valence-corrected chi connectivity index (χ0v) is 26.9. The number of Topliss-reactive ketones (excluding diaryl/α,β-unsaturated/α-hetero) is 1. The number of hydrogen-bond acceptors (Lipinski definition) is 6. The molecule has 1 heterocycles. The predicted molar refractivity (Wildman–Crippen MR) is 169 cm³/mol. The first kappa shape index (κ1) is 32.6. The molecule has 0 bridgehead atoms. The number of carbonyl (C=O) groups is 2. The molecule has 4 unspecified atom stereocenters. The van der Waals surface area contributed by atoms with Crippen LogP contribution < -0.4 is 5.32 Å². The molecule has 0 radical (unpaired) electrons. The van der Waals surface area contributed by atoms with Gasteiger partial charge in [-0.15, -0.1) is 0 Å².